The van der Waals surface area contributed by atoms with Crippen LogP contribution in [0.1, 0.15) is 19.4 Å². The third kappa shape index (κ3) is 5.83. The number of amides is 1. The van der Waals surface area contributed by atoms with Gasteiger partial charge in [0.2, 0.25) is 0 Å². The number of para-hydroxylation sites is 1. The van der Waals surface area contributed by atoms with Gasteiger partial charge >= 0.3 is 5.97 Å². The maximum absolute atomic E-state index is 11.7. The van der Waals surface area contributed by atoms with E-state index in [0.29, 0.717) is 18.9 Å². The zero-order valence-corrected chi connectivity index (χ0v) is 12.9. The largest absolute Gasteiger partial charge is 0.493 e. The fraction of sp³-hybridized carbons (Fsp3) is 0.294. The first-order valence-electron chi connectivity index (χ1n) is 7.07. The SMILES string of the molecule is C=CCNC(=O)C(C)OC(=O)/C=C/c1ccccc1OCC. The molecule has 0 aliphatic rings. The zero-order chi connectivity index (χ0) is 16.4. The van der Waals surface area contributed by atoms with E-state index in [1.54, 1.807) is 12.2 Å². The van der Waals surface area contributed by atoms with Gasteiger partial charge in [0.25, 0.3) is 5.91 Å². The molecule has 1 amide bonds. The number of hydrogen-bond donors (Lipinski definition) is 1. The van der Waals surface area contributed by atoms with Crippen LogP contribution in [-0.2, 0) is 14.3 Å². The van der Waals surface area contributed by atoms with Crippen LogP contribution in [0, 0.1) is 0 Å². The van der Waals surface area contributed by atoms with Crippen LogP contribution in [0.3, 0.4) is 0 Å². The number of esters is 1. The molecule has 0 fully saturated rings. The molecule has 5 heteroatoms. The highest BCUT2D eigenvalue weighted by atomic mass is 16.5. The van der Waals surface area contributed by atoms with Crippen LogP contribution in [0.2, 0.25) is 0 Å². The lowest BCUT2D eigenvalue weighted by molar-refractivity contribution is -0.150. The highest BCUT2D eigenvalue weighted by Crippen LogP contribution is 2.19. The molecule has 118 valence electrons. The Morgan fingerprint density at radius 1 is 1.36 bits per heavy atom. The van der Waals surface area contributed by atoms with Gasteiger partial charge in [-0.3, -0.25) is 4.79 Å². The number of carbonyl (C=O) groups excluding carboxylic acids is 2. The summed E-state index contributed by atoms with van der Waals surface area (Å²) in [5.41, 5.74) is 0.769. The van der Waals surface area contributed by atoms with Crippen molar-refractivity contribution in [3.8, 4) is 5.75 Å². The average Bonchev–Trinajstić information content (AvgIpc) is 2.52. The summed E-state index contributed by atoms with van der Waals surface area (Å²) in [6.07, 6.45) is 3.56. The van der Waals surface area contributed by atoms with E-state index >= 15 is 0 Å². The fourth-order valence-corrected chi connectivity index (χ4v) is 1.65. The van der Waals surface area contributed by atoms with Crippen molar-refractivity contribution in [2.75, 3.05) is 13.2 Å². The molecule has 0 saturated carbocycles. The van der Waals surface area contributed by atoms with Gasteiger partial charge in [-0.25, -0.2) is 4.79 Å². The summed E-state index contributed by atoms with van der Waals surface area (Å²) in [4.78, 5) is 23.3. The number of ether oxygens (including phenoxy) is 2. The topological polar surface area (TPSA) is 64.6 Å². The summed E-state index contributed by atoms with van der Waals surface area (Å²) >= 11 is 0. The van der Waals surface area contributed by atoms with Crippen molar-refractivity contribution >= 4 is 18.0 Å². The molecule has 0 aliphatic carbocycles. The molecular weight excluding hydrogens is 282 g/mol. The van der Waals surface area contributed by atoms with Crippen LogP contribution in [0.5, 0.6) is 5.75 Å². The number of benzene rings is 1. The number of rotatable bonds is 8. The second-order valence-corrected chi connectivity index (χ2v) is 4.42. The van der Waals surface area contributed by atoms with Gasteiger partial charge < -0.3 is 14.8 Å². The standard InChI is InChI=1S/C17H21NO4/c1-4-12-18-17(20)13(3)22-16(19)11-10-14-8-6-7-9-15(14)21-5-2/h4,6-11,13H,1,5,12H2,2-3H3,(H,18,20)/b11-10+. The molecule has 0 saturated heterocycles. The van der Waals surface area contributed by atoms with E-state index in [4.69, 9.17) is 9.47 Å². The molecular formula is C17H21NO4. The molecule has 5 nitrogen and oxygen atoms in total. The highest BCUT2D eigenvalue weighted by Gasteiger charge is 2.15. The Bertz CT molecular complexity index is 551. The van der Waals surface area contributed by atoms with Gasteiger partial charge in [0.15, 0.2) is 6.10 Å². The van der Waals surface area contributed by atoms with Gasteiger partial charge in [0.1, 0.15) is 5.75 Å². The molecule has 22 heavy (non-hydrogen) atoms. The van der Waals surface area contributed by atoms with Gasteiger partial charge in [-0.15, -0.1) is 6.58 Å². The summed E-state index contributed by atoms with van der Waals surface area (Å²) in [7, 11) is 0. The van der Waals surface area contributed by atoms with Crippen LogP contribution < -0.4 is 10.1 Å². The van der Waals surface area contributed by atoms with Crippen LogP contribution in [-0.4, -0.2) is 31.1 Å². The lowest BCUT2D eigenvalue weighted by atomic mass is 10.2. The molecule has 1 unspecified atom stereocenters. The summed E-state index contributed by atoms with van der Waals surface area (Å²) in [6, 6.07) is 7.35. The van der Waals surface area contributed by atoms with Gasteiger partial charge in [-0.05, 0) is 26.0 Å². The van der Waals surface area contributed by atoms with E-state index in [1.807, 2.05) is 31.2 Å². The van der Waals surface area contributed by atoms with Crippen molar-refractivity contribution in [3.05, 3.63) is 48.6 Å². The summed E-state index contributed by atoms with van der Waals surface area (Å²) in [5.74, 6) is -0.269. The van der Waals surface area contributed by atoms with Crippen LogP contribution in [0.25, 0.3) is 6.08 Å². The number of nitrogens with one attached hydrogen (secondary N) is 1. The minimum absolute atomic E-state index is 0.332. The normalized spacial score (nSPS) is 11.7. The molecule has 0 spiro atoms. The third-order valence-electron chi connectivity index (χ3n) is 2.70. The summed E-state index contributed by atoms with van der Waals surface area (Å²) in [5, 5.41) is 2.56. The van der Waals surface area contributed by atoms with Gasteiger partial charge in [0, 0.05) is 18.2 Å². The Morgan fingerprint density at radius 2 is 2.09 bits per heavy atom. The summed E-state index contributed by atoms with van der Waals surface area (Å²) in [6.45, 7) is 7.76. The number of carbonyl (C=O) groups is 2. The monoisotopic (exact) mass is 303 g/mol. The van der Waals surface area contributed by atoms with E-state index in [9.17, 15) is 9.59 Å². The van der Waals surface area contributed by atoms with Crippen molar-refractivity contribution in [3.63, 3.8) is 0 Å². The highest BCUT2D eigenvalue weighted by molar-refractivity contribution is 5.90. The molecule has 1 rings (SSSR count). The lowest BCUT2D eigenvalue weighted by Gasteiger charge is -2.11. The predicted octanol–water partition coefficient (Wildman–Crippen LogP) is 2.33. The molecule has 0 aromatic heterocycles. The molecule has 1 N–H and O–H groups in total. The zero-order valence-electron chi connectivity index (χ0n) is 12.9. The smallest absolute Gasteiger partial charge is 0.331 e. The van der Waals surface area contributed by atoms with Crippen LogP contribution >= 0.6 is 0 Å². The second kappa shape index (κ2) is 9.39. The van der Waals surface area contributed by atoms with E-state index in [1.165, 1.54) is 13.0 Å². The maximum Gasteiger partial charge on any atom is 0.331 e. The van der Waals surface area contributed by atoms with E-state index in [2.05, 4.69) is 11.9 Å². The molecule has 0 heterocycles. The van der Waals surface area contributed by atoms with Crippen molar-refractivity contribution in [1.82, 2.24) is 5.32 Å². The van der Waals surface area contributed by atoms with Crippen LogP contribution in [0.15, 0.2) is 43.0 Å². The molecule has 1 aromatic rings. The third-order valence-corrected chi connectivity index (χ3v) is 2.70. The van der Waals surface area contributed by atoms with Gasteiger partial charge in [0.05, 0.1) is 6.61 Å². The van der Waals surface area contributed by atoms with E-state index in [-0.39, 0.29) is 5.91 Å². The van der Waals surface area contributed by atoms with Crippen molar-refractivity contribution < 1.29 is 19.1 Å². The fourth-order valence-electron chi connectivity index (χ4n) is 1.65. The Balaban J connectivity index is 2.61. The van der Waals surface area contributed by atoms with Gasteiger partial charge in [-0.1, -0.05) is 24.3 Å². The Hall–Kier alpha value is -2.56. The molecule has 1 atom stereocenters. The van der Waals surface area contributed by atoms with E-state index < -0.39 is 12.1 Å². The first-order chi connectivity index (χ1) is 10.6. The Morgan fingerprint density at radius 3 is 2.77 bits per heavy atom. The van der Waals surface area contributed by atoms with Crippen molar-refractivity contribution in [1.29, 1.82) is 0 Å². The number of hydrogen-bond acceptors (Lipinski definition) is 4. The van der Waals surface area contributed by atoms with Crippen LogP contribution in [0.4, 0.5) is 0 Å². The molecule has 0 radical (unpaired) electrons. The second-order valence-electron chi connectivity index (χ2n) is 4.42. The minimum atomic E-state index is -0.862. The minimum Gasteiger partial charge on any atom is -0.493 e. The summed E-state index contributed by atoms with van der Waals surface area (Å²) < 4.78 is 10.5. The van der Waals surface area contributed by atoms with Gasteiger partial charge in [-0.2, -0.15) is 0 Å². The first-order valence-corrected chi connectivity index (χ1v) is 7.07. The molecule has 0 bridgehead atoms. The van der Waals surface area contributed by atoms with Crippen molar-refractivity contribution in [2.24, 2.45) is 0 Å². The predicted molar refractivity (Wildman–Crippen MR) is 85.4 cm³/mol. The Kier molecular flexibility index (Phi) is 7.47. The quantitative estimate of drug-likeness (QED) is 0.455. The molecule has 1 aromatic carbocycles. The first kappa shape index (κ1) is 17.5. The average molecular weight is 303 g/mol. The van der Waals surface area contributed by atoms with Crippen molar-refractivity contribution in [2.45, 2.75) is 20.0 Å². The maximum atomic E-state index is 11.7. The molecule has 0 aliphatic heterocycles. The Labute approximate surface area is 130 Å². The van der Waals surface area contributed by atoms with E-state index in [0.717, 1.165) is 5.56 Å². The lowest BCUT2D eigenvalue weighted by Crippen LogP contribution is -2.35.